The predicted molar refractivity (Wildman–Crippen MR) is 205 cm³/mol. The minimum absolute atomic E-state index is 0.0382. The zero-order valence-corrected chi connectivity index (χ0v) is 36.5. The zero-order chi connectivity index (χ0) is 41.5. The minimum Gasteiger partial charge on any atom is -0.481 e. The number of hydrogen-bond acceptors (Lipinski definition) is 12. The lowest BCUT2D eigenvalue weighted by atomic mass is 9.71. The highest BCUT2D eigenvalue weighted by atomic mass is 16.7. The number of methoxy groups -OCH3 is 3. The van der Waals surface area contributed by atoms with Crippen LogP contribution in [0.2, 0.25) is 0 Å². The first-order valence-electron chi connectivity index (χ1n) is 21.3. The molecular weight excluding hydrogens is 724 g/mol. The van der Waals surface area contributed by atoms with Crippen molar-refractivity contribution in [2.24, 2.45) is 47.3 Å². The third-order valence-electron chi connectivity index (χ3n) is 15.9. The van der Waals surface area contributed by atoms with Crippen LogP contribution in [0.25, 0.3) is 0 Å². The van der Waals surface area contributed by atoms with Crippen molar-refractivity contribution in [3.05, 3.63) is 0 Å². The average Bonchev–Trinajstić information content (AvgIpc) is 3.84. The molecule has 13 nitrogen and oxygen atoms in total. The average molecular weight is 799 g/mol. The molecule has 0 radical (unpaired) electrons. The van der Waals surface area contributed by atoms with Crippen LogP contribution < -0.4 is 0 Å². The summed E-state index contributed by atoms with van der Waals surface area (Å²) in [5.41, 5.74) is -1.17. The summed E-state index contributed by atoms with van der Waals surface area (Å²) in [4.78, 5) is 12.2. The molecule has 22 atom stereocenters. The van der Waals surface area contributed by atoms with Crippen molar-refractivity contribution in [1.82, 2.24) is 0 Å². The van der Waals surface area contributed by atoms with E-state index in [1.54, 1.807) is 35.2 Å². The fourth-order valence-electron chi connectivity index (χ4n) is 12.2. The second-order valence-corrected chi connectivity index (χ2v) is 19.6. The quantitative estimate of drug-likeness (QED) is 0.253. The Morgan fingerprint density at radius 1 is 0.750 bits per heavy atom. The molecule has 6 aliphatic heterocycles. The van der Waals surface area contributed by atoms with Gasteiger partial charge in [0.25, 0.3) is 0 Å². The molecule has 324 valence electrons. The van der Waals surface area contributed by atoms with Crippen LogP contribution in [-0.4, -0.2) is 126 Å². The molecule has 0 aromatic heterocycles. The Kier molecular flexibility index (Phi) is 12.6. The lowest BCUT2D eigenvalue weighted by molar-refractivity contribution is -0.366. The molecule has 0 amide bonds. The first-order chi connectivity index (χ1) is 26.0. The van der Waals surface area contributed by atoms with Gasteiger partial charge in [-0.2, -0.15) is 0 Å². The highest BCUT2D eigenvalue weighted by Crippen LogP contribution is 2.55. The summed E-state index contributed by atoms with van der Waals surface area (Å²) in [7, 11) is 5.02. The van der Waals surface area contributed by atoms with Gasteiger partial charge < -0.3 is 58.0 Å². The Bertz CT molecular complexity index is 1400. The first kappa shape index (κ1) is 44.6. The van der Waals surface area contributed by atoms with Crippen molar-refractivity contribution in [1.29, 1.82) is 0 Å². The number of rotatable bonds is 10. The summed E-state index contributed by atoms with van der Waals surface area (Å²) in [5.74, 6) is -7.48. The summed E-state index contributed by atoms with van der Waals surface area (Å²) in [6, 6.07) is 0. The molecule has 6 fully saturated rings. The van der Waals surface area contributed by atoms with Gasteiger partial charge >= 0.3 is 5.97 Å². The Labute approximate surface area is 335 Å². The van der Waals surface area contributed by atoms with E-state index in [4.69, 9.17) is 42.6 Å². The monoisotopic (exact) mass is 799 g/mol. The van der Waals surface area contributed by atoms with E-state index in [0.29, 0.717) is 12.8 Å². The maximum absolute atomic E-state index is 12.2. The van der Waals surface area contributed by atoms with E-state index in [-0.39, 0.29) is 78.2 Å². The summed E-state index contributed by atoms with van der Waals surface area (Å²) in [5, 5.41) is 33.0. The fraction of sp³-hybridized carbons (Fsp3) is 0.977. The Balaban J connectivity index is 1.17. The molecule has 6 saturated heterocycles. The van der Waals surface area contributed by atoms with Gasteiger partial charge in [-0.3, -0.25) is 4.79 Å². The highest BCUT2D eigenvalue weighted by molar-refractivity contribution is 5.70. The van der Waals surface area contributed by atoms with Crippen molar-refractivity contribution in [2.75, 3.05) is 21.3 Å². The van der Waals surface area contributed by atoms with Crippen molar-refractivity contribution in [3.8, 4) is 0 Å². The van der Waals surface area contributed by atoms with Crippen LogP contribution in [0, 0.1) is 47.3 Å². The molecule has 1 spiro atoms. The third kappa shape index (κ3) is 7.43. The van der Waals surface area contributed by atoms with Gasteiger partial charge in [0.2, 0.25) is 0 Å². The van der Waals surface area contributed by atoms with Crippen molar-refractivity contribution < 1.29 is 62.7 Å². The molecular formula is C43H74O13. The lowest BCUT2D eigenvalue weighted by Crippen LogP contribution is -2.65. The van der Waals surface area contributed by atoms with Crippen molar-refractivity contribution in [2.45, 2.75) is 198 Å². The topological polar surface area (TPSA) is 161 Å². The second-order valence-electron chi connectivity index (χ2n) is 19.6. The minimum atomic E-state index is -1.93. The number of carbonyl (C=O) groups is 1. The van der Waals surface area contributed by atoms with Crippen LogP contribution in [0.3, 0.4) is 0 Å². The normalized spacial score (nSPS) is 55.0. The molecule has 0 bridgehead atoms. The molecule has 56 heavy (non-hydrogen) atoms. The first-order valence-corrected chi connectivity index (χ1v) is 21.3. The molecule has 0 saturated carbocycles. The summed E-state index contributed by atoms with van der Waals surface area (Å²) in [6.07, 6.45) is 1.78. The lowest BCUT2D eigenvalue weighted by Gasteiger charge is -2.55. The predicted octanol–water partition coefficient (Wildman–Crippen LogP) is 5.55. The highest BCUT2D eigenvalue weighted by Gasteiger charge is 2.63. The molecule has 0 aromatic carbocycles. The van der Waals surface area contributed by atoms with E-state index in [9.17, 15) is 20.1 Å². The SMILES string of the molecule is COC1[C@@H](C)[C@@](C)(O)O[C@H]([C@H]2C[C@H](C)[C@H]([C@]3(C)CC[C@H]([C@]4(C)CC[C@]5(C[C@H](OC)[C@@H](C)[C@@H]([C@@H](C)[C@H]6O[C@@](O)([C@H](C)C(=O)O)[C@H](C)[C@@H](OC)[C@H]6C)O5)O4)O3)O2)[C@H]1C. The molecule has 13 heteroatoms. The van der Waals surface area contributed by atoms with Gasteiger partial charge in [0, 0.05) is 69.7 Å². The summed E-state index contributed by atoms with van der Waals surface area (Å²) in [6.45, 7) is 21.8. The maximum atomic E-state index is 12.2. The van der Waals surface area contributed by atoms with Crippen LogP contribution in [0.1, 0.15) is 115 Å². The third-order valence-corrected chi connectivity index (χ3v) is 15.9. The standard InChI is InChI=1S/C43H74O13/c1-21-19-29(36-25(5)34(49-13)26(6)41(11,46)53-36)51-37(21)40(10)16-15-31(52-40)39(9)17-18-42(56-39)20-30(48-12)22(2)32(54-42)23(3)33-24(4)35(50-14)27(7)43(47,55-33)28(8)38(44)45/h21-37,46-47H,15-20H2,1-14H3,(H,44,45)/t21-,22+,23+,24-,25-,26+,27+,28+,29+,30-,31+,32-,33+,34?,35-,36-,37+,39-,40-,41-,42+,43+/m0/s1. The molecule has 0 aliphatic carbocycles. The Morgan fingerprint density at radius 2 is 1.38 bits per heavy atom. The van der Waals surface area contributed by atoms with E-state index >= 15 is 0 Å². The number of aliphatic hydroxyl groups is 2. The summed E-state index contributed by atoms with van der Waals surface area (Å²) < 4.78 is 59.0. The van der Waals surface area contributed by atoms with Crippen LogP contribution >= 0.6 is 0 Å². The molecule has 6 aliphatic rings. The van der Waals surface area contributed by atoms with Crippen LogP contribution in [0.15, 0.2) is 0 Å². The van der Waals surface area contributed by atoms with Crippen LogP contribution in [-0.2, 0) is 47.4 Å². The van der Waals surface area contributed by atoms with Crippen LogP contribution in [0.4, 0.5) is 0 Å². The van der Waals surface area contributed by atoms with E-state index in [1.165, 1.54) is 6.92 Å². The van der Waals surface area contributed by atoms with E-state index in [2.05, 4.69) is 41.5 Å². The van der Waals surface area contributed by atoms with Crippen molar-refractivity contribution in [3.63, 3.8) is 0 Å². The fourth-order valence-corrected chi connectivity index (χ4v) is 12.2. The Morgan fingerprint density at radius 3 is 1.98 bits per heavy atom. The number of carboxylic acids is 1. The van der Waals surface area contributed by atoms with E-state index in [0.717, 1.165) is 25.7 Å². The number of ether oxygens (including phenoxy) is 9. The van der Waals surface area contributed by atoms with Crippen LogP contribution in [0.5, 0.6) is 0 Å². The smallest absolute Gasteiger partial charge is 0.311 e. The van der Waals surface area contributed by atoms with Gasteiger partial charge in [0.05, 0.1) is 66.1 Å². The molecule has 3 N–H and O–H groups in total. The van der Waals surface area contributed by atoms with Gasteiger partial charge in [-0.1, -0.05) is 48.5 Å². The van der Waals surface area contributed by atoms with Crippen molar-refractivity contribution >= 4 is 5.97 Å². The number of carboxylic acid groups (broad SMARTS) is 1. The van der Waals surface area contributed by atoms with Gasteiger partial charge in [-0.05, 0) is 59.3 Å². The largest absolute Gasteiger partial charge is 0.481 e. The summed E-state index contributed by atoms with van der Waals surface area (Å²) >= 11 is 0. The number of aliphatic carboxylic acids is 1. The van der Waals surface area contributed by atoms with E-state index < -0.39 is 58.6 Å². The number of hydrogen-bond donors (Lipinski definition) is 3. The van der Waals surface area contributed by atoms with Gasteiger partial charge in [0.15, 0.2) is 17.4 Å². The second kappa shape index (κ2) is 15.8. The zero-order valence-electron chi connectivity index (χ0n) is 36.5. The molecule has 0 aromatic rings. The molecule has 1 unspecified atom stereocenters. The van der Waals surface area contributed by atoms with E-state index in [1.807, 2.05) is 13.8 Å². The Hall–Kier alpha value is -0.970. The van der Waals surface area contributed by atoms with Gasteiger partial charge in [-0.15, -0.1) is 0 Å². The maximum Gasteiger partial charge on any atom is 0.311 e. The molecule has 6 rings (SSSR count). The molecule has 6 heterocycles. The van der Waals surface area contributed by atoms with Gasteiger partial charge in [-0.25, -0.2) is 0 Å². The van der Waals surface area contributed by atoms with Gasteiger partial charge in [0.1, 0.15) is 5.92 Å².